The lowest BCUT2D eigenvalue weighted by Gasteiger charge is -2.26. The van der Waals surface area contributed by atoms with Gasteiger partial charge in [0.25, 0.3) is 0 Å². The second-order valence-corrected chi connectivity index (χ2v) is 5.01. The predicted molar refractivity (Wildman–Crippen MR) is 78.8 cm³/mol. The van der Waals surface area contributed by atoms with Crippen molar-refractivity contribution in [3.8, 4) is 0 Å². The minimum atomic E-state index is -0.0732. The minimum Gasteiger partial charge on any atom is -0.374 e. The summed E-state index contributed by atoms with van der Waals surface area (Å²) in [6.45, 7) is 1.50. The molecule has 3 rings (SSSR count). The maximum atomic E-state index is 11.3. The molecule has 2 heterocycles. The van der Waals surface area contributed by atoms with Gasteiger partial charge >= 0.3 is 0 Å². The largest absolute Gasteiger partial charge is 0.374 e. The fraction of sp³-hybridized carbons (Fsp3) is 0.333. The molecule has 1 amide bonds. The van der Waals surface area contributed by atoms with Crippen molar-refractivity contribution in [3.63, 3.8) is 0 Å². The maximum Gasteiger partial charge on any atom is 0.241 e. The Kier molecular flexibility index (Phi) is 3.87. The van der Waals surface area contributed by atoms with Crippen LogP contribution in [-0.4, -0.2) is 29.3 Å². The zero-order chi connectivity index (χ0) is 14.7. The number of nitrogens with one attached hydrogen (secondary N) is 2. The molecule has 0 spiro atoms. The summed E-state index contributed by atoms with van der Waals surface area (Å²) in [4.78, 5) is 11.3. The van der Waals surface area contributed by atoms with Crippen LogP contribution in [0.1, 0.15) is 17.2 Å². The van der Waals surface area contributed by atoms with Gasteiger partial charge in [0.2, 0.25) is 5.91 Å². The zero-order valence-electron chi connectivity index (χ0n) is 11.9. The van der Waals surface area contributed by atoms with Crippen LogP contribution in [0.3, 0.4) is 0 Å². The minimum absolute atomic E-state index is 0.0732. The van der Waals surface area contributed by atoms with Gasteiger partial charge in [-0.2, -0.15) is 5.10 Å². The molecule has 6 nitrogen and oxygen atoms in total. The molecule has 1 aliphatic rings. The van der Waals surface area contributed by atoms with E-state index in [0.717, 1.165) is 5.69 Å². The van der Waals surface area contributed by atoms with Crippen LogP contribution in [0.4, 0.5) is 5.69 Å². The molecule has 1 unspecified atom stereocenters. The molecule has 21 heavy (non-hydrogen) atoms. The van der Waals surface area contributed by atoms with Crippen molar-refractivity contribution in [1.29, 1.82) is 0 Å². The summed E-state index contributed by atoms with van der Waals surface area (Å²) in [5.41, 5.74) is 3.34. The first-order valence-corrected chi connectivity index (χ1v) is 6.91. The lowest BCUT2D eigenvalue weighted by molar-refractivity contribution is -0.121. The Balaban J connectivity index is 1.72. The van der Waals surface area contributed by atoms with Crippen molar-refractivity contribution in [2.75, 3.05) is 19.0 Å². The number of rotatable bonds is 4. The summed E-state index contributed by atoms with van der Waals surface area (Å²) < 4.78 is 7.22. The molecule has 0 radical (unpaired) electrons. The third kappa shape index (κ3) is 3.05. The van der Waals surface area contributed by atoms with E-state index in [1.54, 1.807) is 17.9 Å². The molecule has 2 N–H and O–H groups in total. The third-order valence-electron chi connectivity index (χ3n) is 3.53. The summed E-state index contributed by atoms with van der Waals surface area (Å²) in [6, 6.07) is 8.36. The molecule has 2 aromatic rings. The van der Waals surface area contributed by atoms with Crippen molar-refractivity contribution >= 4 is 11.6 Å². The highest BCUT2D eigenvalue weighted by molar-refractivity contribution is 5.75. The fourth-order valence-electron chi connectivity index (χ4n) is 2.45. The average Bonchev–Trinajstić information content (AvgIpc) is 2.94. The van der Waals surface area contributed by atoms with Gasteiger partial charge in [-0.15, -0.1) is 0 Å². The molecular weight excluding hydrogens is 268 g/mol. The van der Waals surface area contributed by atoms with Crippen LogP contribution in [0.2, 0.25) is 0 Å². The molecular formula is C15H18N4O2. The number of carbonyl (C=O) groups excluding carboxylic acids is 1. The van der Waals surface area contributed by atoms with Crippen LogP contribution < -0.4 is 10.6 Å². The highest BCUT2D eigenvalue weighted by atomic mass is 16.5. The van der Waals surface area contributed by atoms with Gasteiger partial charge in [-0.25, -0.2) is 0 Å². The molecule has 0 saturated heterocycles. The molecule has 1 atom stereocenters. The molecule has 1 aromatic heterocycles. The molecule has 110 valence electrons. The topological polar surface area (TPSA) is 68.2 Å². The second-order valence-electron chi connectivity index (χ2n) is 5.01. The van der Waals surface area contributed by atoms with Crippen LogP contribution in [-0.2, 0) is 22.7 Å². The smallest absolute Gasteiger partial charge is 0.241 e. The maximum absolute atomic E-state index is 11.3. The van der Waals surface area contributed by atoms with E-state index in [1.807, 2.05) is 18.3 Å². The van der Waals surface area contributed by atoms with Crippen molar-refractivity contribution in [2.24, 2.45) is 0 Å². The quantitative estimate of drug-likeness (QED) is 0.889. The van der Waals surface area contributed by atoms with Gasteiger partial charge in [0.1, 0.15) is 6.54 Å². The standard InChI is InChI=1S/C15H18N4O2/c1-16-15(20)8-19-7-12(6-17-19)18-14-10-21-9-11-4-2-3-5-13(11)14/h2-7,14,18H,8-10H2,1H3,(H,16,20). The van der Waals surface area contributed by atoms with E-state index in [9.17, 15) is 4.79 Å². The zero-order valence-corrected chi connectivity index (χ0v) is 11.9. The van der Waals surface area contributed by atoms with E-state index in [4.69, 9.17) is 4.74 Å². The van der Waals surface area contributed by atoms with Gasteiger partial charge in [0, 0.05) is 13.2 Å². The van der Waals surface area contributed by atoms with Crippen LogP contribution >= 0.6 is 0 Å². The van der Waals surface area contributed by atoms with Crippen molar-refractivity contribution in [1.82, 2.24) is 15.1 Å². The van der Waals surface area contributed by atoms with Crippen LogP contribution in [0.5, 0.6) is 0 Å². The number of hydrogen-bond acceptors (Lipinski definition) is 4. The number of carbonyl (C=O) groups is 1. The third-order valence-corrected chi connectivity index (χ3v) is 3.53. The van der Waals surface area contributed by atoms with E-state index in [1.165, 1.54) is 11.1 Å². The second kappa shape index (κ2) is 5.97. The highest BCUT2D eigenvalue weighted by Crippen LogP contribution is 2.27. The number of fused-ring (bicyclic) bond motifs is 1. The number of nitrogens with zero attached hydrogens (tertiary/aromatic N) is 2. The Bertz CT molecular complexity index is 638. The molecule has 0 aliphatic carbocycles. The molecule has 1 aromatic carbocycles. The molecule has 6 heteroatoms. The first-order valence-electron chi connectivity index (χ1n) is 6.91. The number of amides is 1. The summed E-state index contributed by atoms with van der Waals surface area (Å²) in [5, 5.41) is 10.2. The summed E-state index contributed by atoms with van der Waals surface area (Å²) >= 11 is 0. The van der Waals surface area contributed by atoms with Crippen LogP contribution in [0, 0.1) is 0 Å². The fourth-order valence-corrected chi connectivity index (χ4v) is 2.45. The summed E-state index contributed by atoms with van der Waals surface area (Å²) in [6.07, 6.45) is 3.55. The van der Waals surface area contributed by atoms with Gasteiger partial charge in [-0.1, -0.05) is 24.3 Å². The Morgan fingerprint density at radius 2 is 2.33 bits per heavy atom. The van der Waals surface area contributed by atoms with E-state index in [-0.39, 0.29) is 18.5 Å². The number of anilines is 1. The van der Waals surface area contributed by atoms with Crippen molar-refractivity contribution < 1.29 is 9.53 Å². The molecule has 0 saturated carbocycles. The van der Waals surface area contributed by atoms with E-state index in [0.29, 0.717) is 13.2 Å². The van der Waals surface area contributed by atoms with Gasteiger partial charge in [0.15, 0.2) is 0 Å². The lowest BCUT2D eigenvalue weighted by Crippen LogP contribution is -2.24. The van der Waals surface area contributed by atoms with E-state index >= 15 is 0 Å². The summed E-state index contributed by atoms with van der Waals surface area (Å²) in [7, 11) is 1.61. The van der Waals surface area contributed by atoms with Gasteiger partial charge in [-0.05, 0) is 11.1 Å². The Morgan fingerprint density at radius 1 is 1.48 bits per heavy atom. The Morgan fingerprint density at radius 3 is 3.19 bits per heavy atom. The molecule has 1 aliphatic heterocycles. The first kappa shape index (κ1) is 13.6. The number of likely N-dealkylation sites (N-methyl/N-ethyl adjacent to an activating group) is 1. The Labute approximate surface area is 123 Å². The van der Waals surface area contributed by atoms with Crippen LogP contribution in [0.25, 0.3) is 0 Å². The summed E-state index contributed by atoms with van der Waals surface area (Å²) in [5.74, 6) is -0.0732. The van der Waals surface area contributed by atoms with Gasteiger partial charge < -0.3 is 15.4 Å². The van der Waals surface area contributed by atoms with E-state index in [2.05, 4.69) is 27.9 Å². The first-order chi connectivity index (χ1) is 10.3. The highest BCUT2D eigenvalue weighted by Gasteiger charge is 2.20. The van der Waals surface area contributed by atoms with E-state index < -0.39 is 0 Å². The van der Waals surface area contributed by atoms with Gasteiger partial charge in [-0.3, -0.25) is 9.48 Å². The van der Waals surface area contributed by atoms with Crippen molar-refractivity contribution in [2.45, 2.75) is 19.2 Å². The Hall–Kier alpha value is -2.34. The number of benzene rings is 1. The molecule has 0 fully saturated rings. The lowest BCUT2D eigenvalue weighted by atomic mass is 9.99. The monoisotopic (exact) mass is 286 g/mol. The normalized spacial score (nSPS) is 17.1. The van der Waals surface area contributed by atoms with Crippen LogP contribution in [0.15, 0.2) is 36.7 Å². The van der Waals surface area contributed by atoms with Gasteiger partial charge in [0.05, 0.1) is 31.1 Å². The number of ether oxygens (including phenoxy) is 1. The number of aromatic nitrogens is 2. The SMILES string of the molecule is CNC(=O)Cn1cc(NC2COCc3ccccc32)cn1. The predicted octanol–water partition coefficient (Wildman–Crippen LogP) is 1.31. The average molecular weight is 286 g/mol. The van der Waals surface area contributed by atoms with Crippen molar-refractivity contribution in [3.05, 3.63) is 47.8 Å². The number of hydrogen-bond donors (Lipinski definition) is 2. The molecule has 0 bridgehead atoms.